The molecule has 0 saturated heterocycles. The van der Waals surface area contributed by atoms with Crippen LogP contribution >= 0.6 is 11.3 Å². The van der Waals surface area contributed by atoms with E-state index in [1.807, 2.05) is 48.6 Å². The molecule has 1 heterocycles. The van der Waals surface area contributed by atoms with E-state index in [0.717, 1.165) is 23.2 Å². The van der Waals surface area contributed by atoms with E-state index >= 15 is 0 Å². The number of thiazole rings is 1. The van der Waals surface area contributed by atoms with E-state index < -0.39 is 0 Å². The lowest BCUT2D eigenvalue weighted by molar-refractivity contribution is -0.130. The number of rotatable bonds is 4. The minimum absolute atomic E-state index is 0.166. The predicted molar refractivity (Wildman–Crippen MR) is 102 cm³/mol. The lowest BCUT2D eigenvalue weighted by Gasteiger charge is -2.22. The van der Waals surface area contributed by atoms with Gasteiger partial charge in [-0.05, 0) is 29.2 Å². The van der Waals surface area contributed by atoms with Crippen molar-refractivity contribution in [2.75, 3.05) is 13.6 Å². The topological polar surface area (TPSA) is 33.2 Å². The average Bonchev–Trinajstić information content (AvgIpc) is 3.20. The third kappa shape index (κ3) is 2.76. The van der Waals surface area contributed by atoms with Crippen LogP contribution in [0.4, 0.5) is 0 Å². The van der Waals surface area contributed by atoms with Crippen LogP contribution in [0, 0.1) is 6.92 Å². The van der Waals surface area contributed by atoms with E-state index in [0.29, 0.717) is 6.54 Å². The normalized spacial score (nSPS) is 12.7. The van der Waals surface area contributed by atoms with Gasteiger partial charge < -0.3 is 4.90 Å². The number of benzene rings is 2. The van der Waals surface area contributed by atoms with E-state index in [1.54, 1.807) is 11.3 Å². The van der Waals surface area contributed by atoms with Crippen LogP contribution < -0.4 is 0 Å². The standard InChI is InChI=1S/C21H20N2OS/c1-14-19(25-13-22-14)11-12-23(2)21(24)20-17-9-5-3-7-15(17)16-8-4-6-10-18(16)20/h3-10,13,20H,11-12H2,1-2H3. The number of aromatic nitrogens is 1. The zero-order valence-corrected chi connectivity index (χ0v) is 15.2. The molecule has 0 radical (unpaired) electrons. The summed E-state index contributed by atoms with van der Waals surface area (Å²) in [4.78, 5) is 20.6. The van der Waals surface area contributed by atoms with Crippen molar-refractivity contribution in [1.29, 1.82) is 0 Å². The molecule has 25 heavy (non-hydrogen) atoms. The van der Waals surface area contributed by atoms with Crippen LogP contribution in [0.5, 0.6) is 0 Å². The highest BCUT2D eigenvalue weighted by atomic mass is 32.1. The Morgan fingerprint density at radius 1 is 1.08 bits per heavy atom. The van der Waals surface area contributed by atoms with Crippen LogP contribution in [0.1, 0.15) is 27.6 Å². The number of nitrogens with zero attached hydrogens (tertiary/aromatic N) is 2. The summed E-state index contributed by atoms with van der Waals surface area (Å²) in [6.45, 7) is 2.74. The van der Waals surface area contributed by atoms with Gasteiger partial charge in [0.15, 0.2) is 0 Å². The smallest absolute Gasteiger partial charge is 0.234 e. The fourth-order valence-electron chi connectivity index (χ4n) is 3.59. The highest BCUT2D eigenvalue weighted by Crippen LogP contribution is 2.45. The highest BCUT2D eigenvalue weighted by Gasteiger charge is 2.34. The third-order valence-corrected chi connectivity index (χ3v) is 5.97. The summed E-state index contributed by atoms with van der Waals surface area (Å²) in [6.07, 6.45) is 0.856. The molecule has 1 aliphatic rings. The summed E-state index contributed by atoms with van der Waals surface area (Å²) in [5, 5.41) is 0. The maximum atomic E-state index is 13.2. The monoisotopic (exact) mass is 348 g/mol. The molecule has 0 saturated carbocycles. The number of hydrogen-bond donors (Lipinski definition) is 0. The molecule has 126 valence electrons. The van der Waals surface area contributed by atoms with Gasteiger partial charge in [0.1, 0.15) is 0 Å². The number of carbonyl (C=O) groups is 1. The Morgan fingerprint density at radius 2 is 1.68 bits per heavy atom. The number of hydrogen-bond acceptors (Lipinski definition) is 3. The molecule has 0 bridgehead atoms. The van der Waals surface area contributed by atoms with Gasteiger partial charge in [-0.1, -0.05) is 48.5 Å². The van der Waals surface area contributed by atoms with Crippen LogP contribution in [0.15, 0.2) is 54.0 Å². The number of fused-ring (bicyclic) bond motifs is 3. The van der Waals surface area contributed by atoms with Gasteiger partial charge in [0.2, 0.25) is 5.91 Å². The second-order valence-corrected chi connectivity index (χ2v) is 7.42. The Balaban J connectivity index is 1.60. The van der Waals surface area contributed by atoms with Gasteiger partial charge >= 0.3 is 0 Å². The zero-order chi connectivity index (χ0) is 17.4. The molecule has 0 fully saturated rings. The van der Waals surface area contributed by atoms with E-state index in [-0.39, 0.29) is 11.8 Å². The summed E-state index contributed by atoms with van der Waals surface area (Å²) >= 11 is 1.66. The van der Waals surface area contributed by atoms with Crippen LogP contribution in [0.25, 0.3) is 11.1 Å². The summed E-state index contributed by atoms with van der Waals surface area (Å²) in [5.74, 6) is -0.0282. The van der Waals surface area contributed by atoms with Crippen LogP contribution in [-0.2, 0) is 11.2 Å². The lowest BCUT2D eigenvalue weighted by atomic mass is 9.95. The quantitative estimate of drug-likeness (QED) is 0.706. The first-order valence-electron chi connectivity index (χ1n) is 8.49. The van der Waals surface area contributed by atoms with Crippen molar-refractivity contribution in [1.82, 2.24) is 9.88 Å². The first kappa shape index (κ1) is 16.0. The van der Waals surface area contributed by atoms with Crippen LogP contribution in [0.3, 0.4) is 0 Å². The van der Waals surface area contributed by atoms with Gasteiger partial charge in [-0.3, -0.25) is 4.79 Å². The molecule has 1 amide bonds. The molecule has 1 aromatic heterocycles. The zero-order valence-electron chi connectivity index (χ0n) is 14.4. The minimum atomic E-state index is -0.194. The minimum Gasteiger partial charge on any atom is -0.345 e. The van der Waals surface area contributed by atoms with Gasteiger partial charge in [0.05, 0.1) is 17.1 Å². The molecule has 2 aromatic carbocycles. The van der Waals surface area contributed by atoms with Gasteiger partial charge in [0.25, 0.3) is 0 Å². The maximum absolute atomic E-state index is 13.2. The third-order valence-electron chi connectivity index (χ3n) is 4.98. The lowest BCUT2D eigenvalue weighted by Crippen LogP contribution is -2.33. The fourth-order valence-corrected chi connectivity index (χ4v) is 4.36. The second-order valence-electron chi connectivity index (χ2n) is 6.48. The van der Waals surface area contributed by atoms with Crippen LogP contribution in [-0.4, -0.2) is 29.4 Å². The van der Waals surface area contributed by atoms with Crippen molar-refractivity contribution in [3.8, 4) is 11.1 Å². The number of amides is 1. The number of aryl methyl sites for hydroxylation is 1. The molecule has 4 heteroatoms. The number of likely N-dealkylation sites (N-methyl/N-ethyl adjacent to an activating group) is 1. The molecule has 3 nitrogen and oxygen atoms in total. The second kappa shape index (κ2) is 6.45. The molecule has 0 unspecified atom stereocenters. The van der Waals surface area contributed by atoms with Gasteiger partial charge in [0, 0.05) is 24.9 Å². The van der Waals surface area contributed by atoms with E-state index in [1.165, 1.54) is 16.0 Å². The van der Waals surface area contributed by atoms with E-state index in [2.05, 4.69) is 29.2 Å². The molecule has 3 aromatic rings. The highest BCUT2D eigenvalue weighted by molar-refractivity contribution is 7.09. The Labute approximate surface area is 152 Å². The molecule has 4 rings (SSSR count). The Hall–Kier alpha value is -2.46. The predicted octanol–water partition coefficient (Wildman–Crippen LogP) is 4.26. The SMILES string of the molecule is Cc1ncsc1CCN(C)C(=O)C1c2ccccc2-c2ccccc21. The van der Waals surface area contributed by atoms with Crippen molar-refractivity contribution < 1.29 is 4.79 Å². The Morgan fingerprint density at radius 3 is 2.24 bits per heavy atom. The van der Waals surface area contributed by atoms with E-state index in [9.17, 15) is 4.79 Å². The maximum Gasteiger partial charge on any atom is 0.234 e. The molecule has 0 spiro atoms. The van der Waals surface area contributed by atoms with Crippen molar-refractivity contribution in [3.05, 3.63) is 75.7 Å². The van der Waals surface area contributed by atoms with E-state index in [4.69, 9.17) is 0 Å². The molecule has 0 N–H and O–H groups in total. The molecular formula is C21H20N2OS. The first-order valence-corrected chi connectivity index (χ1v) is 9.37. The van der Waals surface area contributed by atoms with Crippen molar-refractivity contribution in [3.63, 3.8) is 0 Å². The molecule has 1 aliphatic carbocycles. The van der Waals surface area contributed by atoms with Crippen molar-refractivity contribution >= 4 is 17.2 Å². The largest absolute Gasteiger partial charge is 0.345 e. The summed E-state index contributed by atoms with van der Waals surface area (Å²) in [7, 11) is 1.91. The van der Waals surface area contributed by atoms with Crippen molar-refractivity contribution in [2.45, 2.75) is 19.3 Å². The fraction of sp³-hybridized carbons (Fsp3) is 0.238. The van der Waals surface area contributed by atoms with Crippen LogP contribution in [0.2, 0.25) is 0 Å². The molecule has 0 atom stereocenters. The molecular weight excluding hydrogens is 328 g/mol. The number of carbonyl (C=O) groups excluding carboxylic acids is 1. The van der Waals surface area contributed by atoms with Gasteiger partial charge in [-0.25, -0.2) is 4.98 Å². The summed E-state index contributed by atoms with van der Waals surface area (Å²) in [6, 6.07) is 16.5. The van der Waals surface area contributed by atoms with Crippen molar-refractivity contribution in [2.24, 2.45) is 0 Å². The Kier molecular flexibility index (Phi) is 4.14. The Bertz CT molecular complexity index is 885. The van der Waals surface area contributed by atoms with Gasteiger partial charge in [-0.15, -0.1) is 11.3 Å². The first-order chi connectivity index (χ1) is 12.2. The summed E-state index contributed by atoms with van der Waals surface area (Å²) < 4.78 is 0. The molecule has 0 aliphatic heterocycles. The average molecular weight is 348 g/mol. The summed E-state index contributed by atoms with van der Waals surface area (Å²) in [5.41, 5.74) is 7.55. The van der Waals surface area contributed by atoms with Gasteiger partial charge in [-0.2, -0.15) is 0 Å².